The number of rotatable bonds is 5. The van der Waals surface area contributed by atoms with Crippen molar-refractivity contribution < 1.29 is 9.53 Å². The van der Waals surface area contributed by atoms with Gasteiger partial charge in [-0.2, -0.15) is 0 Å². The Balaban J connectivity index is 2.09. The van der Waals surface area contributed by atoms with Crippen molar-refractivity contribution in [3.8, 4) is 0 Å². The molecular weight excluding hydrogens is 292 g/mol. The van der Waals surface area contributed by atoms with E-state index in [1.54, 1.807) is 6.07 Å². The molecule has 1 saturated heterocycles. The predicted molar refractivity (Wildman–Crippen MR) is 84.7 cm³/mol. The van der Waals surface area contributed by atoms with Crippen molar-refractivity contribution in [1.82, 2.24) is 4.90 Å². The standard InChI is InChI=1S/C14H21ClN4O2/c1-9(8-19-2-4-21-5-3-19)18-13-11(14(17)20)6-10(16)7-12(13)15/h6-7,9,18H,2-5,8,16H2,1H3,(H2,17,20). The monoisotopic (exact) mass is 312 g/mol. The van der Waals surface area contributed by atoms with Gasteiger partial charge in [-0.3, -0.25) is 9.69 Å². The van der Waals surface area contributed by atoms with E-state index in [4.69, 9.17) is 27.8 Å². The maximum absolute atomic E-state index is 11.5. The van der Waals surface area contributed by atoms with E-state index in [0.717, 1.165) is 32.8 Å². The van der Waals surface area contributed by atoms with Gasteiger partial charge in [0.2, 0.25) is 0 Å². The molecule has 5 N–H and O–H groups in total. The average Bonchev–Trinajstić information content (AvgIpc) is 2.42. The molecule has 1 aromatic rings. The molecule has 0 aromatic heterocycles. The summed E-state index contributed by atoms with van der Waals surface area (Å²) in [5.74, 6) is -0.551. The van der Waals surface area contributed by atoms with Crippen molar-refractivity contribution in [3.63, 3.8) is 0 Å². The number of halogens is 1. The van der Waals surface area contributed by atoms with Crippen LogP contribution >= 0.6 is 11.6 Å². The van der Waals surface area contributed by atoms with Gasteiger partial charge in [-0.05, 0) is 19.1 Å². The Hall–Kier alpha value is -1.50. The van der Waals surface area contributed by atoms with Gasteiger partial charge >= 0.3 is 0 Å². The maximum Gasteiger partial charge on any atom is 0.250 e. The first-order valence-electron chi connectivity index (χ1n) is 6.93. The highest BCUT2D eigenvalue weighted by Crippen LogP contribution is 2.29. The minimum atomic E-state index is -0.551. The molecule has 1 amide bonds. The molecule has 1 aromatic carbocycles. The lowest BCUT2D eigenvalue weighted by Crippen LogP contribution is -2.42. The van der Waals surface area contributed by atoms with Gasteiger partial charge in [0.25, 0.3) is 5.91 Å². The quantitative estimate of drug-likeness (QED) is 0.709. The molecule has 0 radical (unpaired) electrons. The summed E-state index contributed by atoms with van der Waals surface area (Å²) in [6, 6.07) is 3.26. The minimum absolute atomic E-state index is 0.113. The summed E-state index contributed by atoms with van der Waals surface area (Å²) in [6.07, 6.45) is 0. The third-order valence-electron chi connectivity index (χ3n) is 3.40. The molecule has 1 fully saturated rings. The summed E-state index contributed by atoms with van der Waals surface area (Å²) < 4.78 is 5.32. The van der Waals surface area contributed by atoms with E-state index in [2.05, 4.69) is 10.2 Å². The fourth-order valence-corrected chi connectivity index (χ4v) is 2.71. The number of primary amides is 1. The maximum atomic E-state index is 11.5. The second-order valence-corrected chi connectivity index (χ2v) is 5.66. The number of morpholine rings is 1. The molecule has 1 atom stereocenters. The van der Waals surface area contributed by atoms with Crippen LogP contribution in [-0.4, -0.2) is 49.7 Å². The Kier molecular flexibility index (Phi) is 5.27. The topological polar surface area (TPSA) is 93.6 Å². The van der Waals surface area contributed by atoms with E-state index in [1.807, 2.05) is 6.92 Å². The third-order valence-corrected chi connectivity index (χ3v) is 3.70. The molecule has 2 rings (SSSR count). The van der Waals surface area contributed by atoms with Crippen molar-refractivity contribution in [1.29, 1.82) is 0 Å². The average molecular weight is 313 g/mol. The van der Waals surface area contributed by atoms with Gasteiger partial charge in [0.1, 0.15) is 0 Å². The Labute approximate surface area is 129 Å². The molecule has 116 valence electrons. The molecule has 6 nitrogen and oxygen atoms in total. The van der Waals surface area contributed by atoms with Gasteiger partial charge in [-0.25, -0.2) is 0 Å². The van der Waals surface area contributed by atoms with Crippen molar-refractivity contribution in [2.75, 3.05) is 43.9 Å². The molecule has 1 unspecified atom stereocenters. The van der Waals surface area contributed by atoms with E-state index in [1.165, 1.54) is 6.07 Å². The smallest absolute Gasteiger partial charge is 0.250 e. The second kappa shape index (κ2) is 6.98. The van der Waals surface area contributed by atoms with Crippen molar-refractivity contribution in [2.45, 2.75) is 13.0 Å². The van der Waals surface area contributed by atoms with E-state index >= 15 is 0 Å². The molecular formula is C14H21ClN4O2. The zero-order valence-electron chi connectivity index (χ0n) is 12.1. The largest absolute Gasteiger partial charge is 0.399 e. The summed E-state index contributed by atoms with van der Waals surface area (Å²) in [5, 5.41) is 3.66. The van der Waals surface area contributed by atoms with Crippen LogP contribution in [0.25, 0.3) is 0 Å². The summed E-state index contributed by atoms with van der Waals surface area (Å²) >= 11 is 6.18. The second-order valence-electron chi connectivity index (χ2n) is 5.25. The number of benzene rings is 1. The molecule has 21 heavy (non-hydrogen) atoms. The van der Waals surface area contributed by atoms with Crippen LogP contribution in [0.5, 0.6) is 0 Å². The molecule has 1 aliphatic rings. The van der Waals surface area contributed by atoms with Crippen LogP contribution in [-0.2, 0) is 4.74 Å². The molecule has 1 aliphatic heterocycles. The van der Waals surface area contributed by atoms with E-state index < -0.39 is 5.91 Å². The SMILES string of the molecule is CC(CN1CCOCC1)Nc1c(Cl)cc(N)cc1C(N)=O. The number of nitrogens with two attached hydrogens (primary N) is 2. The van der Waals surface area contributed by atoms with Crippen LogP contribution in [0.15, 0.2) is 12.1 Å². The van der Waals surface area contributed by atoms with Gasteiger partial charge in [0, 0.05) is 31.4 Å². The number of nitrogen functional groups attached to an aromatic ring is 1. The van der Waals surface area contributed by atoms with Crippen LogP contribution < -0.4 is 16.8 Å². The number of nitrogens with one attached hydrogen (secondary N) is 1. The van der Waals surface area contributed by atoms with Gasteiger partial charge in [-0.1, -0.05) is 11.6 Å². The van der Waals surface area contributed by atoms with Crippen LogP contribution in [0.1, 0.15) is 17.3 Å². The van der Waals surface area contributed by atoms with Crippen LogP contribution in [0, 0.1) is 0 Å². The molecule has 0 saturated carbocycles. The minimum Gasteiger partial charge on any atom is -0.399 e. The number of carbonyl (C=O) groups excluding carboxylic acids is 1. The van der Waals surface area contributed by atoms with Gasteiger partial charge in [0.15, 0.2) is 0 Å². The lowest BCUT2D eigenvalue weighted by atomic mass is 10.1. The number of hydrogen-bond acceptors (Lipinski definition) is 5. The Morgan fingerprint density at radius 2 is 2.14 bits per heavy atom. The summed E-state index contributed by atoms with van der Waals surface area (Å²) in [7, 11) is 0. The highest BCUT2D eigenvalue weighted by molar-refractivity contribution is 6.34. The normalized spacial score (nSPS) is 17.4. The Bertz CT molecular complexity index is 518. The number of anilines is 2. The van der Waals surface area contributed by atoms with Gasteiger partial charge < -0.3 is 21.5 Å². The van der Waals surface area contributed by atoms with Crippen LogP contribution in [0.3, 0.4) is 0 Å². The highest BCUT2D eigenvalue weighted by atomic mass is 35.5. The van der Waals surface area contributed by atoms with Gasteiger partial charge in [0.05, 0.1) is 29.5 Å². The van der Waals surface area contributed by atoms with Crippen molar-refractivity contribution >= 4 is 28.9 Å². The van der Waals surface area contributed by atoms with Crippen molar-refractivity contribution in [3.05, 3.63) is 22.7 Å². The van der Waals surface area contributed by atoms with Gasteiger partial charge in [-0.15, -0.1) is 0 Å². The molecule has 0 aliphatic carbocycles. The Morgan fingerprint density at radius 1 is 1.48 bits per heavy atom. The fourth-order valence-electron chi connectivity index (χ4n) is 2.43. The predicted octanol–water partition coefficient (Wildman–Crippen LogP) is 1.15. The fraction of sp³-hybridized carbons (Fsp3) is 0.500. The van der Waals surface area contributed by atoms with E-state index in [0.29, 0.717) is 22.0 Å². The summed E-state index contributed by atoms with van der Waals surface area (Å²) in [6.45, 7) is 6.19. The summed E-state index contributed by atoms with van der Waals surface area (Å²) in [4.78, 5) is 13.8. The lowest BCUT2D eigenvalue weighted by Gasteiger charge is -2.30. The first kappa shape index (κ1) is 15.9. The lowest BCUT2D eigenvalue weighted by molar-refractivity contribution is 0.0368. The number of ether oxygens (including phenoxy) is 1. The molecule has 0 spiro atoms. The molecule has 7 heteroatoms. The van der Waals surface area contributed by atoms with E-state index in [-0.39, 0.29) is 6.04 Å². The number of amides is 1. The highest BCUT2D eigenvalue weighted by Gasteiger charge is 2.18. The molecule has 0 bridgehead atoms. The van der Waals surface area contributed by atoms with Crippen molar-refractivity contribution in [2.24, 2.45) is 5.73 Å². The van der Waals surface area contributed by atoms with Crippen LogP contribution in [0.4, 0.5) is 11.4 Å². The number of nitrogens with zero attached hydrogens (tertiary/aromatic N) is 1. The van der Waals surface area contributed by atoms with Crippen LogP contribution in [0.2, 0.25) is 5.02 Å². The number of carbonyl (C=O) groups is 1. The first-order chi connectivity index (χ1) is 9.97. The zero-order valence-corrected chi connectivity index (χ0v) is 12.8. The number of hydrogen-bond donors (Lipinski definition) is 3. The zero-order chi connectivity index (χ0) is 15.4. The first-order valence-corrected chi connectivity index (χ1v) is 7.30. The Morgan fingerprint density at radius 3 is 2.76 bits per heavy atom. The third kappa shape index (κ3) is 4.23. The van der Waals surface area contributed by atoms with E-state index in [9.17, 15) is 4.79 Å². The summed E-state index contributed by atoms with van der Waals surface area (Å²) in [5.41, 5.74) is 12.4. The molecule has 1 heterocycles.